The minimum atomic E-state index is -0.343. The molecule has 0 bridgehead atoms. The maximum atomic E-state index is 12.6. The fourth-order valence-corrected chi connectivity index (χ4v) is 3.51. The van der Waals surface area contributed by atoms with Crippen molar-refractivity contribution >= 4 is 11.9 Å². The number of carbonyl (C=O) groups is 2. The molecule has 0 heterocycles. The van der Waals surface area contributed by atoms with Crippen molar-refractivity contribution in [3.8, 4) is 11.5 Å². The Morgan fingerprint density at radius 1 is 0.743 bits per heavy atom. The summed E-state index contributed by atoms with van der Waals surface area (Å²) in [6.07, 6.45) is 1.29. The lowest BCUT2D eigenvalue weighted by Crippen LogP contribution is -2.17. The van der Waals surface area contributed by atoms with Crippen LogP contribution in [0.5, 0.6) is 11.5 Å². The van der Waals surface area contributed by atoms with Crippen molar-refractivity contribution in [2.75, 3.05) is 7.11 Å². The largest absolute Gasteiger partial charge is 0.489 e. The van der Waals surface area contributed by atoms with E-state index < -0.39 is 0 Å². The van der Waals surface area contributed by atoms with Crippen LogP contribution in [0.1, 0.15) is 42.9 Å². The number of ether oxygens (including phenoxy) is 4. The molecule has 6 heteroatoms. The lowest BCUT2D eigenvalue weighted by Gasteiger charge is -2.15. The van der Waals surface area contributed by atoms with E-state index in [1.807, 2.05) is 85.8 Å². The van der Waals surface area contributed by atoms with E-state index in [0.29, 0.717) is 44.0 Å². The molecule has 0 radical (unpaired) electrons. The van der Waals surface area contributed by atoms with E-state index in [9.17, 15) is 9.59 Å². The predicted octanol–water partition coefficient (Wildman–Crippen LogP) is 5.66. The summed E-state index contributed by atoms with van der Waals surface area (Å²) in [5, 5.41) is 0. The lowest BCUT2D eigenvalue weighted by molar-refractivity contribution is -0.147. The van der Waals surface area contributed by atoms with Crippen LogP contribution < -0.4 is 9.47 Å². The zero-order chi connectivity index (χ0) is 24.9. The Balaban J connectivity index is 1.63. The molecule has 1 atom stereocenters. The van der Waals surface area contributed by atoms with Crippen LogP contribution in [-0.2, 0) is 38.7 Å². The van der Waals surface area contributed by atoms with Crippen LogP contribution in [0.25, 0.3) is 0 Å². The van der Waals surface area contributed by atoms with Crippen molar-refractivity contribution in [2.45, 2.75) is 51.9 Å². The first-order valence-electron chi connectivity index (χ1n) is 11.8. The highest BCUT2D eigenvalue weighted by atomic mass is 16.5. The van der Waals surface area contributed by atoms with Crippen LogP contribution >= 0.6 is 0 Å². The van der Waals surface area contributed by atoms with Crippen molar-refractivity contribution < 1.29 is 28.5 Å². The highest BCUT2D eigenvalue weighted by Crippen LogP contribution is 2.25. The quantitative estimate of drug-likeness (QED) is 0.296. The van der Waals surface area contributed by atoms with Gasteiger partial charge in [-0.15, -0.1) is 0 Å². The predicted molar refractivity (Wildman–Crippen MR) is 133 cm³/mol. The molecule has 3 aromatic rings. The number of methoxy groups -OCH3 is 1. The van der Waals surface area contributed by atoms with Gasteiger partial charge in [0.25, 0.3) is 0 Å². The maximum Gasteiger partial charge on any atom is 0.310 e. The smallest absolute Gasteiger partial charge is 0.310 e. The maximum absolute atomic E-state index is 12.6. The van der Waals surface area contributed by atoms with E-state index in [4.69, 9.17) is 14.2 Å². The van der Waals surface area contributed by atoms with Crippen molar-refractivity contribution in [2.24, 2.45) is 0 Å². The average molecular weight is 477 g/mol. The van der Waals surface area contributed by atoms with Gasteiger partial charge in [-0.05, 0) is 48.6 Å². The number of rotatable bonds is 13. The molecule has 0 saturated carbocycles. The molecule has 0 unspecified atom stereocenters. The van der Waals surface area contributed by atoms with Gasteiger partial charge < -0.3 is 18.9 Å². The number of hydrogen-bond donors (Lipinski definition) is 0. The van der Waals surface area contributed by atoms with Gasteiger partial charge in [-0.2, -0.15) is 0 Å². The van der Waals surface area contributed by atoms with Crippen LogP contribution in [0.2, 0.25) is 0 Å². The Morgan fingerprint density at radius 2 is 1.29 bits per heavy atom. The number of esters is 2. The second-order valence-corrected chi connectivity index (χ2v) is 8.31. The van der Waals surface area contributed by atoms with Crippen molar-refractivity contribution in [1.29, 1.82) is 0 Å². The molecule has 0 spiro atoms. The van der Waals surface area contributed by atoms with E-state index in [1.54, 1.807) is 0 Å². The highest BCUT2D eigenvalue weighted by molar-refractivity contribution is 5.73. The summed E-state index contributed by atoms with van der Waals surface area (Å²) in [5.41, 5.74) is 2.83. The van der Waals surface area contributed by atoms with Gasteiger partial charge in [0.1, 0.15) is 24.7 Å². The van der Waals surface area contributed by atoms with Gasteiger partial charge in [-0.25, -0.2) is 0 Å². The minimum Gasteiger partial charge on any atom is -0.489 e. The van der Waals surface area contributed by atoms with Gasteiger partial charge in [0.15, 0.2) is 0 Å². The second kappa shape index (κ2) is 13.8. The Bertz CT molecular complexity index is 1000. The first-order valence-corrected chi connectivity index (χ1v) is 11.8. The Kier molecular flexibility index (Phi) is 10.2. The molecule has 0 aliphatic heterocycles. The molecular formula is C29H32O6. The average Bonchev–Trinajstić information content (AvgIpc) is 2.87. The van der Waals surface area contributed by atoms with Crippen LogP contribution in [0.4, 0.5) is 0 Å². The van der Waals surface area contributed by atoms with Crippen molar-refractivity contribution in [3.63, 3.8) is 0 Å². The summed E-state index contributed by atoms with van der Waals surface area (Å²) in [4.78, 5) is 23.8. The summed E-state index contributed by atoms with van der Waals surface area (Å²) in [5.74, 6) is 0.630. The Labute approximate surface area is 206 Å². The van der Waals surface area contributed by atoms with Crippen LogP contribution in [0, 0.1) is 0 Å². The van der Waals surface area contributed by atoms with Gasteiger partial charge in [0.2, 0.25) is 0 Å². The molecule has 6 nitrogen and oxygen atoms in total. The fraction of sp³-hybridized carbons (Fsp3) is 0.310. The van der Waals surface area contributed by atoms with E-state index in [2.05, 4.69) is 4.74 Å². The minimum absolute atomic E-state index is 0.0889. The summed E-state index contributed by atoms with van der Waals surface area (Å²) < 4.78 is 22.2. The molecule has 0 aliphatic rings. The zero-order valence-electron chi connectivity index (χ0n) is 20.3. The lowest BCUT2D eigenvalue weighted by atomic mass is 10.1. The number of carbonyl (C=O) groups excluding carboxylic acids is 2. The van der Waals surface area contributed by atoms with Crippen molar-refractivity contribution in [1.82, 2.24) is 0 Å². The third kappa shape index (κ3) is 9.53. The SMILES string of the molecule is COC(=O)CCC[C@@H](C)OC(=O)Cc1cc(OCc2ccccc2)cc(OCc2ccccc2)c1. The number of benzene rings is 3. The summed E-state index contributed by atoms with van der Waals surface area (Å²) in [6.45, 7) is 2.64. The molecular weight excluding hydrogens is 444 g/mol. The standard InChI is InChI=1S/C29H32O6/c1-22(10-9-15-28(30)32-2)35-29(31)18-25-16-26(33-20-23-11-5-3-6-12-23)19-27(17-25)34-21-24-13-7-4-8-14-24/h3-8,11-14,16-17,19,22H,9-10,15,18,20-21H2,1-2H3/t22-/m1/s1. The first kappa shape index (κ1) is 25.8. The topological polar surface area (TPSA) is 71.1 Å². The third-order valence-electron chi connectivity index (χ3n) is 5.34. The molecule has 0 amide bonds. The molecule has 3 aromatic carbocycles. The van der Waals surface area contributed by atoms with E-state index in [0.717, 1.165) is 16.7 Å². The fourth-order valence-electron chi connectivity index (χ4n) is 3.51. The van der Waals surface area contributed by atoms with E-state index in [1.165, 1.54) is 7.11 Å². The molecule has 0 aliphatic carbocycles. The van der Waals surface area contributed by atoms with Crippen molar-refractivity contribution in [3.05, 3.63) is 95.6 Å². The van der Waals surface area contributed by atoms with Gasteiger partial charge in [0.05, 0.1) is 19.6 Å². The van der Waals surface area contributed by atoms with Gasteiger partial charge >= 0.3 is 11.9 Å². The van der Waals surface area contributed by atoms with Crippen LogP contribution in [-0.4, -0.2) is 25.2 Å². The first-order chi connectivity index (χ1) is 17.0. The zero-order valence-corrected chi connectivity index (χ0v) is 20.3. The molecule has 0 saturated heterocycles. The molecule has 184 valence electrons. The molecule has 0 fully saturated rings. The monoisotopic (exact) mass is 476 g/mol. The number of hydrogen-bond acceptors (Lipinski definition) is 6. The highest BCUT2D eigenvalue weighted by Gasteiger charge is 2.14. The van der Waals surface area contributed by atoms with E-state index >= 15 is 0 Å². The third-order valence-corrected chi connectivity index (χ3v) is 5.34. The molecule has 3 rings (SSSR count). The normalized spacial score (nSPS) is 11.4. The summed E-state index contributed by atoms with van der Waals surface area (Å²) in [7, 11) is 1.36. The second-order valence-electron chi connectivity index (χ2n) is 8.31. The van der Waals surface area contributed by atoms with E-state index in [-0.39, 0.29) is 24.5 Å². The summed E-state index contributed by atoms with van der Waals surface area (Å²) in [6, 6.07) is 25.3. The molecule has 35 heavy (non-hydrogen) atoms. The van der Waals surface area contributed by atoms with Crippen LogP contribution in [0.15, 0.2) is 78.9 Å². The summed E-state index contributed by atoms with van der Waals surface area (Å²) >= 11 is 0. The van der Waals surface area contributed by atoms with Crippen LogP contribution in [0.3, 0.4) is 0 Å². The van der Waals surface area contributed by atoms with Gasteiger partial charge in [-0.3, -0.25) is 9.59 Å². The Hall–Kier alpha value is -3.80. The molecule has 0 aromatic heterocycles. The van der Waals surface area contributed by atoms with Gasteiger partial charge in [-0.1, -0.05) is 60.7 Å². The van der Waals surface area contributed by atoms with Gasteiger partial charge in [0, 0.05) is 12.5 Å². The molecule has 0 N–H and O–H groups in total. The Morgan fingerprint density at radius 3 is 1.80 bits per heavy atom.